The summed E-state index contributed by atoms with van der Waals surface area (Å²) >= 11 is 0. The molecule has 0 bridgehead atoms. The zero-order valence-electron chi connectivity index (χ0n) is 16.4. The summed E-state index contributed by atoms with van der Waals surface area (Å²) in [6.45, 7) is 3.25. The van der Waals surface area contributed by atoms with Gasteiger partial charge in [0.05, 0.1) is 20.0 Å². The van der Waals surface area contributed by atoms with Crippen molar-refractivity contribution in [3.05, 3.63) is 34.9 Å². The number of quaternary nitrogens is 1. The molecule has 2 aliphatic heterocycles. The Bertz CT molecular complexity index is 714. The van der Waals surface area contributed by atoms with Crippen LogP contribution in [-0.2, 0) is 17.6 Å². The summed E-state index contributed by atoms with van der Waals surface area (Å²) in [5.74, 6) is 0.594. The molecular weight excluding hydrogens is 360 g/mol. The number of amides is 1. The Morgan fingerprint density at radius 1 is 1.11 bits per heavy atom. The van der Waals surface area contributed by atoms with E-state index in [1.807, 2.05) is 12.1 Å². The van der Waals surface area contributed by atoms with Gasteiger partial charge in [-0.3, -0.25) is 9.69 Å². The number of halogens is 1. The quantitative estimate of drug-likeness (QED) is 0.736. The molecule has 2 saturated heterocycles. The number of nitrogens with zero attached hydrogens (tertiary/aromatic N) is 2. The van der Waals surface area contributed by atoms with Crippen LogP contribution in [0.3, 0.4) is 0 Å². The molecule has 2 atom stereocenters. The van der Waals surface area contributed by atoms with Crippen molar-refractivity contribution in [3.63, 3.8) is 0 Å². The van der Waals surface area contributed by atoms with Gasteiger partial charge in [-0.2, -0.15) is 0 Å². The number of fused-ring (bicyclic) bond motifs is 1. The third-order valence-corrected chi connectivity index (χ3v) is 6.80. The first-order chi connectivity index (χ1) is 12.6. The van der Waals surface area contributed by atoms with E-state index in [-0.39, 0.29) is 18.2 Å². The van der Waals surface area contributed by atoms with Crippen molar-refractivity contribution in [1.29, 1.82) is 0 Å². The predicted molar refractivity (Wildman–Crippen MR) is 109 cm³/mol. The largest absolute Gasteiger partial charge is 0.319 e. The van der Waals surface area contributed by atoms with Crippen LogP contribution in [-0.4, -0.2) is 53.9 Å². The Balaban J connectivity index is 0.00000210. The predicted octanol–water partition coefficient (Wildman–Crippen LogP) is 3.75. The second kappa shape index (κ2) is 8.42. The molecular formula is C22H32ClN2O2+. The minimum Gasteiger partial charge on any atom is -0.294 e. The monoisotopic (exact) mass is 391 g/mol. The molecule has 1 amide bonds. The minimum atomic E-state index is 0. The van der Waals surface area contributed by atoms with Gasteiger partial charge >= 0.3 is 5.91 Å². The lowest BCUT2D eigenvalue weighted by molar-refractivity contribution is -0.879. The number of carbonyl (C=O) groups excluding carboxylic acids is 2. The van der Waals surface area contributed by atoms with Gasteiger partial charge in [-0.1, -0.05) is 18.2 Å². The van der Waals surface area contributed by atoms with Crippen LogP contribution in [0.15, 0.2) is 18.2 Å². The van der Waals surface area contributed by atoms with E-state index in [0.717, 1.165) is 62.0 Å². The highest BCUT2D eigenvalue weighted by molar-refractivity contribution is 5.98. The van der Waals surface area contributed by atoms with Gasteiger partial charge in [0.15, 0.2) is 11.9 Å². The topological polar surface area (TPSA) is 37.4 Å². The lowest BCUT2D eigenvalue weighted by atomic mass is 9.89. The maximum atomic E-state index is 13.4. The van der Waals surface area contributed by atoms with E-state index in [1.165, 1.54) is 19.3 Å². The Kier molecular flexibility index (Phi) is 6.39. The fourth-order valence-corrected chi connectivity index (χ4v) is 5.24. The van der Waals surface area contributed by atoms with E-state index in [2.05, 4.69) is 18.0 Å². The summed E-state index contributed by atoms with van der Waals surface area (Å²) in [6.07, 6.45) is 9.47. The molecule has 0 saturated carbocycles. The average molecular weight is 392 g/mol. The van der Waals surface area contributed by atoms with E-state index < -0.39 is 0 Å². The van der Waals surface area contributed by atoms with Crippen LogP contribution in [0.5, 0.6) is 0 Å². The Morgan fingerprint density at radius 3 is 2.67 bits per heavy atom. The van der Waals surface area contributed by atoms with Crippen LogP contribution in [0.2, 0.25) is 0 Å². The normalized spacial score (nSPS) is 28.5. The first kappa shape index (κ1) is 20.5. The standard InChI is InChI=1S/C22H31N2O2.ClH/c1-24(14-5-2-9-21(24)23-12-3-4-13-23)22(26)16-17-10-11-19-18(15-17)7-6-8-20(19)25;/h10-11,15,21H,2-9,12-14,16H2,1H3;1H/q+1;. The smallest absolute Gasteiger partial charge is 0.294 e. The van der Waals surface area contributed by atoms with E-state index >= 15 is 0 Å². The minimum absolute atomic E-state index is 0. The van der Waals surface area contributed by atoms with Gasteiger partial charge in [0.25, 0.3) is 0 Å². The van der Waals surface area contributed by atoms with Crippen LogP contribution in [0.25, 0.3) is 0 Å². The summed E-state index contributed by atoms with van der Waals surface area (Å²) in [4.78, 5) is 28.0. The number of Topliss-reactive ketones (excluding diaryl/α,β-unsaturated/α-hetero) is 1. The molecule has 4 nitrogen and oxygen atoms in total. The van der Waals surface area contributed by atoms with Crippen LogP contribution in [0.4, 0.5) is 0 Å². The molecule has 148 valence electrons. The SMILES string of the molecule is C[N+]1(C(=O)Cc2ccc3c(c2)CCCC3=O)CCCCC1N1CCCC1.Cl. The number of likely N-dealkylation sites (tertiary alicyclic amines) is 2. The van der Waals surface area contributed by atoms with Crippen molar-refractivity contribution in [2.75, 3.05) is 26.7 Å². The van der Waals surface area contributed by atoms with Gasteiger partial charge in [-0.25, -0.2) is 9.28 Å². The van der Waals surface area contributed by atoms with Crippen molar-refractivity contribution in [1.82, 2.24) is 4.90 Å². The highest BCUT2D eigenvalue weighted by Crippen LogP contribution is 2.31. The number of hydrogen-bond acceptors (Lipinski definition) is 3. The molecule has 3 aliphatic rings. The summed E-state index contributed by atoms with van der Waals surface area (Å²) in [6, 6.07) is 6.07. The Morgan fingerprint density at radius 2 is 1.89 bits per heavy atom. The number of ketones is 1. The molecule has 0 radical (unpaired) electrons. The van der Waals surface area contributed by atoms with Gasteiger partial charge < -0.3 is 0 Å². The van der Waals surface area contributed by atoms with Crippen molar-refractivity contribution in [2.45, 2.75) is 64.0 Å². The zero-order chi connectivity index (χ0) is 18.1. The number of rotatable bonds is 3. The molecule has 1 aromatic rings. The first-order valence-electron chi connectivity index (χ1n) is 10.4. The third-order valence-electron chi connectivity index (χ3n) is 6.80. The second-order valence-electron chi connectivity index (χ2n) is 8.55. The second-order valence-corrected chi connectivity index (χ2v) is 8.55. The lowest BCUT2D eigenvalue weighted by Crippen LogP contribution is -2.64. The van der Waals surface area contributed by atoms with Crippen molar-refractivity contribution in [2.24, 2.45) is 0 Å². The molecule has 1 aromatic carbocycles. The maximum Gasteiger partial charge on any atom is 0.319 e. The van der Waals surface area contributed by atoms with Crippen LogP contribution >= 0.6 is 12.4 Å². The van der Waals surface area contributed by atoms with Gasteiger partial charge in [-0.05, 0) is 49.7 Å². The van der Waals surface area contributed by atoms with Gasteiger partial charge in [0.2, 0.25) is 0 Å². The highest BCUT2D eigenvalue weighted by Gasteiger charge is 2.45. The molecule has 0 N–H and O–H groups in total. The van der Waals surface area contributed by atoms with E-state index in [0.29, 0.717) is 29.4 Å². The van der Waals surface area contributed by atoms with Gasteiger partial charge in [0.1, 0.15) is 0 Å². The summed E-state index contributed by atoms with van der Waals surface area (Å²) < 4.78 is 0.565. The summed E-state index contributed by atoms with van der Waals surface area (Å²) in [5.41, 5.74) is 3.10. The van der Waals surface area contributed by atoms with E-state index in [9.17, 15) is 9.59 Å². The molecule has 2 fully saturated rings. The Hall–Kier alpha value is -1.23. The molecule has 27 heavy (non-hydrogen) atoms. The lowest BCUT2D eigenvalue weighted by Gasteiger charge is -2.46. The molecule has 1 aliphatic carbocycles. The summed E-state index contributed by atoms with van der Waals surface area (Å²) in [5, 5.41) is 0. The number of hydrogen-bond donors (Lipinski definition) is 0. The number of piperidine rings is 1. The van der Waals surface area contributed by atoms with E-state index in [4.69, 9.17) is 0 Å². The highest BCUT2D eigenvalue weighted by atomic mass is 35.5. The maximum absolute atomic E-state index is 13.4. The number of aryl methyl sites for hydroxylation is 1. The van der Waals surface area contributed by atoms with Crippen molar-refractivity contribution in [3.8, 4) is 0 Å². The van der Waals surface area contributed by atoms with E-state index in [1.54, 1.807) is 0 Å². The molecule has 2 heterocycles. The van der Waals surface area contributed by atoms with Gasteiger partial charge in [0, 0.05) is 31.5 Å². The first-order valence-corrected chi connectivity index (χ1v) is 10.4. The number of carbonyl (C=O) groups is 2. The van der Waals surface area contributed by atoms with Crippen LogP contribution < -0.4 is 0 Å². The number of benzene rings is 1. The third kappa shape index (κ3) is 3.98. The summed E-state index contributed by atoms with van der Waals surface area (Å²) in [7, 11) is 2.16. The fourth-order valence-electron chi connectivity index (χ4n) is 5.24. The average Bonchev–Trinajstić information content (AvgIpc) is 3.16. The molecule has 4 rings (SSSR count). The van der Waals surface area contributed by atoms with Crippen LogP contribution in [0.1, 0.15) is 66.4 Å². The van der Waals surface area contributed by atoms with Crippen LogP contribution in [0, 0.1) is 0 Å². The Labute approximate surface area is 168 Å². The molecule has 0 aromatic heterocycles. The molecule has 5 heteroatoms. The number of likely N-dealkylation sites (N-methyl/N-ethyl adjacent to an activating group) is 1. The molecule has 0 spiro atoms. The molecule has 2 unspecified atom stereocenters. The van der Waals surface area contributed by atoms with Gasteiger partial charge in [-0.15, -0.1) is 12.4 Å². The van der Waals surface area contributed by atoms with Crippen molar-refractivity contribution < 1.29 is 14.1 Å². The fraction of sp³-hybridized carbons (Fsp3) is 0.636. The zero-order valence-corrected chi connectivity index (χ0v) is 17.2. The van der Waals surface area contributed by atoms with Crippen molar-refractivity contribution >= 4 is 24.1 Å².